The number of benzene rings is 1. The minimum absolute atomic E-state index is 0.110. The Hall–Kier alpha value is -1.47. The molecule has 19 heavy (non-hydrogen) atoms. The van der Waals surface area contributed by atoms with Crippen LogP contribution in [0.5, 0.6) is 0 Å². The van der Waals surface area contributed by atoms with Gasteiger partial charge in [0, 0.05) is 22.8 Å². The number of hydrogen-bond donors (Lipinski definition) is 1. The summed E-state index contributed by atoms with van der Waals surface area (Å²) >= 11 is 2.74. The van der Waals surface area contributed by atoms with Gasteiger partial charge in [0.1, 0.15) is 11.6 Å². The van der Waals surface area contributed by atoms with E-state index in [-0.39, 0.29) is 17.3 Å². The lowest BCUT2D eigenvalue weighted by Crippen LogP contribution is -2.14. The Morgan fingerprint density at radius 3 is 2.63 bits per heavy atom. The van der Waals surface area contributed by atoms with Crippen LogP contribution in [0.25, 0.3) is 0 Å². The van der Waals surface area contributed by atoms with E-state index in [1.165, 1.54) is 23.1 Å². The molecule has 0 spiro atoms. The number of aromatic nitrogens is 1. The number of carbonyl (C=O) groups excluding carboxylic acids is 1. The monoisotopic (exact) mass is 300 g/mol. The molecule has 0 saturated carbocycles. The van der Waals surface area contributed by atoms with Crippen LogP contribution in [0.2, 0.25) is 0 Å². The van der Waals surface area contributed by atoms with E-state index in [4.69, 9.17) is 0 Å². The Bertz CT molecular complexity index is 581. The second-order valence-electron chi connectivity index (χ2n) is 3.75. The predicted molar refractivity (Wildman–Crippen MR) is 72.6 cm³/mol. The third-order valence-corrected chi connectivity index (χ3v) is 4.21. The maximum Gasteiger partial charge on any atom is 0.234 e. The molecule has 2 rings (SSSR count). The Morgan fingerprint density at radius 2 is 2.05 bits per heavy atom. The largest absolute Gasteiger partial charge is 0.325 e. The number of halogens is 2. The fraction of sp³-hybridized carbons (Fsp3) is 0.167. The van der Waals surface area contributed by atoms with Crippen molar-refractivity contribution in [3.63, 3.8) is 0 Å². The summed E-state index contributed by atoms with van der Waals surface area (Å²) in [6.07, 6.45) is 0. The zero-order chi connectivity index (χ0) is 13.8. The second kappa shape index (κ2) is 6.12. The number of carbonyl (C=O) groups is 1. The van der Waals surface area contributed by atoms with E-state index in [0.29, 0.717) is 0 Å². The summed E-state index contributed by atoms with van der Waals surface area (Å²) in [5, 5.41) is 4.33. The molecule has 0 aliphatic rings. The Labute approximate surface area is 117 Å². The summed E-state index contributed by atoms with van der Waals surface area (Å²) in [7, 11) is 0. The highest BCUT2D eigenvalue weighted by Crippen LogP contribution is 2.22. The number of aryl methyl sites for hydroxylation is 1. The molecule has 1 aromatic carbocycles. The average Bonchev–Trinajstić information content (AvgIpc) is 2.71. The summed E-state index contributed by atoms with van der Waals surface area (Å²) < 4.78 is 26.6. The van der Waals surface area contributed by atoms with Gasteiger partial charge in [-0.2, -0.15) is 0 Å². The molecule has 0 aliphatic carbocycles. The maximum atomic E-state index is 12.9. The molecule has 0 atom stereocenters. The summed E-state index contributed by atoms with van der Waals surface area (Å²) in [6, 6.07) is 2.89. The number of hydrogen-bond acceptors (Lipinski definition) is 4. The van der Waals surface area contributed by atoms with Crippen molar-refractivity contribution in [2.45, 2.75) is 11.3 Å². The minimum atomic E-state index is -0.724. The van der Waals surface area contributed by atoms with Gasteiger partial charge in [-0.1, -0.05) is 11.8 Å². The fourth-order valence-corrected chi connectivity index (χ4v) is 3.00. The van der Waals surface area contributed by atoms with Crippen molar-refractivity contribution >= 4 is 34.7 Å². The molecule has 0 saturated heterocycles. The number of anilines is 1. The fourth-order valence-electron chi connectivity index (χ4n) is 1.35. The molecule has 0 radical (unpaired) electrons. The Morgan fingerprint density at radius 1 is 1.37 bits per heavy atom. The van der Waals surface area contributed by atoms with Crippen LogP contribution in [0.15, 0.2) is 27.9 Å². The third kappa shape index (κ3) is 4.29. The second-order valence-corrected chi connectivity index (χ2v) is 5.83. The molecule has 1 N–H and O–H groups in total. The standard InChI is InChI=1S/C12H10F2N2OS2/c1-7-5-18-12(15-7)19-6-11(17)16-10-3-8(13)2-9(14)4-10/h2-5H,6H2,1H3,(H,16,17). The number of nitrogens with one attached hydrogen (secondary N) is 1. The van der Waals surface area contributed by atoms with Gasteiger partial charge < -0.3 is 5.32 Å². The van der Waals surface area contributed by atoms with E-state index in [1.54, 1.807) is 0 Å². The van der Waals surface area contributed by atoms with Gasteiger partial charge in [-0.25, -0.2) is 13.8 Å². The number of rotatable bonds is 4. The predicted octanol–water partition coefficient (Wildman–Crippen LogP) is 3.46. The number of thioether (sulfide) groups is 1. The van der Waals surface area contributed by atoms with Crippen molar-refractivity contribution in [3.05, 3.63) is 40.9 Å². The van der Waals surface area contributed by atoms with Gasteiger partial charge in [0.05, 0.1) is 5.75 Å². The van der Waals surface area contributed by atoms with Gasteiger partial charge in [0.2, 0.25) is 5.91 Å². The lowest BCUT2D eigenvalue weighted by molar-refractivity contribution is -0.113. The molecule has 0 bridgehead atoms. The van der Waals surface area contributed by atoms with Crippen LogP contribution < -0.4 is 5.32 Å². The molecular formula is C12H10F2N2OS2. The smallest absolute Gasteiger partial charge is 0.234 e. The Kier molecular flexibility index (Phi) is 4.49. The van der Waals surface area contributed by atoms with E-state index in [9.17, 15) is 13.6 Å². The first-order chi connectivity index (χ1) is 9.02. The first-order valence-corrected chi connectivity index (χ1v) is 7.20. The molecule has 1 aromatic heterocycles. The van der Waals surface area contributed by atoms with Gasteiger partial charge in [-0.15, -0.1) is 11.3 Å². The third-order valence-electron chi connectivity index (χ3n) is 2.07. The van der Waals surface area contributed by atoms with E-state index in [2.05, 4.69) is 10.3 Å². The van der Waals surface area contributed by atoms with E-state index >= 15 is 0 Å². The van der Waals surface area contributed by atoms with Crippen LogP contribution >= 0.6 is 23.1 Å². The molecule has 0 fully saturated rings. The molecule has 1 heterocycles. The average molecular weight is 300 g/mol. The summed E-state index contributed by atoms with van der Waals surface area (Å²) in [6.45, 7) is 1.87. The van der Waals surface area contributed by atoms with Crippen LogP contribution in [0.1, 0.15) is 5.69 Å². The zero-order valence-corrected chi connectivity index (χ0v) is 11.6. The van der Waals surface area contributed by atoms with Crippen LogP contribution in [0.4, 0.5) is 14.5 Å². The normalized spacial score (nSPS) is 10.5. The molecule has 100 valence electrons. The lowest BCUT2D eigenvalue weighted by Gasteiger charge is -2.04. The molecule has 0 aliphatic heterocycles. The first-order valence-electron chi connectivity index (χ1n) is 5.34. The van der Waals surface area contributed by atoms with Crippen LogP contribution in [0.3, 0.4) is 0 Å². The van der Waals surface area contributed by atoms with E-state index in [0.717, 1.165) is 28.2 Å². The number of nitrogens with zero attached hydrogens (tertiary/aromatic N) is 1. The quantitative estimate of drug-likeness (QED) is 0.879. The minimum Gasteiger partial charge on any atom is -0.325 e. The van der Waals surface area contributed by atoms with Gasteiger partial charge in [0.25, 0.3) is 0 Å². The summed E-state index contributed by atoms with van der Waals surface area (Å²) in [4.78, 5) is 15.8. The topological polar surface area (TPSA) is 42.0 Å². The molecule has 0 unspecified atom stereocenters. The first kappa shape index (κ1) is 14.0. The van der Waals surface area contributed by atoms with Crippen molar-refractivity contribution in [3.8, 4) is 0 Å². The van der Waals surface area contributed by atoms with Crippen molar-refractivity contribution in [1.29, 1.82) is 0 Å². The summed E-state index contributed by atoms with van der Waals surface area (Å²) in [5.41, 5.74) is 1.01. The van der Waals surface area contributed by atoms with Crippen LogP contribution in [-0.2, 0) is 4.79 Å². The molecular weight excluding hydrogens is 290 g/mol. The highest BCUT2D eigenvalue weighted by molar-refractivity contribution is 8.01. The Balaban J connectivity index is 1.90. The van der Waals surface area contributed by atoms with Gasteiger partial charge >= 0.3 is 0 Å². The maximum absolute atomic E-state index is 12.9. The van der Waals surface area contributed by atoms with E-state index in [1.807, 2.05) is 12.3 Å². The van der Waals surface area contributed by atoms with Gasteiger partial charge in [-0.3, -0.25) is 4.79 Å². The molecule has 7 heteroatoms. The zero-order valence-electron chi connectivity index (χ0n) is 9.94. The van der Waals surface area contributed by atoms with Crippen LogP contribution in [-0.4, -0.2) is 16.6 Å². The highest BCUT2D eigenvalue weighted by atomic mass is 32.2. The molecule has 3 nitrogen and oxygen atoms in total. The van der Waals surface area contributed by atoms with Crippen LogP contribution in [0, 0.1) is 18.6 Å². The van der Waals surface area contributed by atoms with Gasteiger partial charge in [0.15, 0.2) is 4.34 Å². The highest BCUT2D eigenvalue weighted by Gasteiger charge is 2.07. The number of amides is 1. The van der Waals surface area contributed by atoms with Gasteiger partial charge in [-0.05, 0) is 19.1 Å². The van der Waals surface area contributed by atoms with Crippen molar-refractivity contribution in [1.82, 2.24) is 4.98 Å². The SMILES string of the molecule is Cc1csc(SCC(=O)Nc2cc(F)cc(F)c2)n1. The summed E-state index contributed by atoms with van der Waals surface area (Å²) in [5.74, 6) is -1.63. The van der Waals surface area contributed by atoms with E-state index < -0.39 is 11.6 Å². The number of thiazole rings is 1. The van der Waals surface area contributed by atoms with Crippen molar-refractivity contribution in [2.75, 3.05) is 11.1 Å². The van der Waals surface area contributed by atoms with Crippen molar-refractivity contribution in [2.24, 2.45) is 0 Å². The molecule has 1 amide bonds. The molecule has 2 aromatic rings. The lowest BCUT2D eigenvalue weighted by atomic mass is 10.3. The van der Waals surface area contributed by atoms with Crippen molar-refractivity contribution < 1.29 is 13.6 Å².